The first-order valence-corrected chi connectivity index (χ1v) is 29.2. The van der Waals surface area contributed by atoms with Crippen molar-refractivity contribution < 1.29 is 100 Å². The molecule has 0 N–H and O–H groups in total. The van der Waals surface area contributed by atoms with E-state index in [2.05, 4.69) is 15.9 Å². The predicted molar refractivity (Wildman–Crippen MR) is 315 cm³/mol. The number of cyclic esters (lactones) is 2. The number of alkyl halides is 13. The van der Waals surface area contributed by atoms with Crippen molar-refractivity contribution in [3.8, 4) is 0 Å². The Hall–Kier alpha value is -9.20. The highest BCUT2D eigenvalue weighted by molar-refractivity contribution is 9.09. The summed E-state index contributed by atoms with van der Waals surface area (Å²) in [5.74, 6) is -1.41. The summed E-state index contributed by atoms with van der Waals surface area (Å²) in [5.41, 5.74) is -4.82. The van der Waals surface area contributed by atoms with Crippen LogP contribution in [0.5, 0.6) is 0 Å². The Morgan fingerprint density at radius 2 is 0.828 bits per heavy atom. The van der Waals surface area contributed by atoms with E-state index in [-0.39, 0.29) is 42.0 Å². The zero-order valence-electron chi connectivity index (χ0n) is 48.9. The number of halogens is 13. The second-order valence-electron chi connectivity index (χ2n) is 20.8. The van der Waals surface area contributed by atoms with E-state index in [9.17, 15) is 71.9 Å². The molecule has 0 spiro atoms. The fraction of sp³-hybridized carbons (Fsp3) is 0.235. The number of amides is 2. The third-order valence-electron chi connectivity index (χ3n) is 14.6. The van der Waals surface area contributed by atoms with Crippen molar-refractivity contribution in [1.29, 1.82) is 0 Å². The number of carbonyl (C=O) groups excluding carboxylic acids is 4. The average Bonchev–Trinajstić information content (AvgIpc) is 1.61. The van der Waals surface area contributed by atoms with Crippen molar-refractivity contribution in [3.63, 3.8) is 0 Å². The summed E-state index contributed by atoms with van der Waals surface area (Å²) >= 11 is 2.90. The fourth-order valence-electron chi connectivity index (χ4n) is 9.82. The van der Waals surface area contributed by atoms with Gasteiger partial charge >= 0.3 is 48.8 Å². The van der Waals surface area contributed by atoms with E-state index in [4.69, 9.17) is 28.4 Å². The number of ether oxygens (including phenoxy) is 6. The van der Waals surface area contributed by atoms with Gasteiger partial charge in [0, 0.05) is 11.1 Å². The molecule has 93 heavy (non-hydrogen) atoms. The standard InChI is InChI=1S/C34H27F6NO5.C23H19NO4.C11H9BrF6O/c1-22(25-17-27(33(35,36)37)19-28(18-25)34(38,39)40)45-21-32(26-15-9-4-10-16-26)30(42)46-29(24-13-7-3-8-14-24)41(32)31(43)44-20-23-11-5-2-6-12-23;25-22-20(18-12-6-2-7-13-18)24(21(28-22)19-14-8-3-9-15-19)23(26)27-16-17-10-4-1-5-11-17;1-6(19-5-12)7-2-8(10(13,14)15)4-9(3-7)11(16,17)18/h2-19,22,29H,20-21H2,1H3;1-15,20-21H,16H2;2-4,6H,5H2,1H3/t22-,29-,32-;20-,21+;6-/m101/s1. The lowest BCUT2D eigenvalue weighted by molar-refractivity contribution is -0.148. The number of hydrogen-bond donors (Lipinski definition) is 0. The molecule has 2 fully saturated rings. The number of rotatable bonds is 15. The van der Waals surface area contributed by atoms with Crippen LogP contribution in [0.25, 0.3) is 0 Å². The molecular formula is C68H55BrF12N2O10. The maximum Gasteiger partial charge on any atom is 0.416 e. The average molecular weight is 1370 g/mol. The van der Waals surface area contributed by atoms with Crippen LogP contribution < -0.4 is 0 Å². The van der Waals surface area contributed by atoms with E-state index < -0.39 is 119 Å². The van der Waals surface area contributed by atoms with E-state index in [1.807, 2.05) is 78.9 Å². The van der Waals surface area contributed by atoms with Gasteiger partial charge in [0.25, 0.3) is 0 Å². The molecule has 2 aliphatic rings. The number of esters is 2. The van der Waals surface area contributed by atoms with Crippen molar-refractivity contribution in [3.05, 3.63) is 285 Å². The molecule has 8 aromatic rings. The van der Waals surface area contributed by atoms with Crippen molar-refractivity contribution in [1.82, 2.24) is 9.80 Å². The molecule has 2 aliphatic heterocycles. The maximum atomic E-state index is 13.9. The van der Waals surface area contributed by atoms with Crippen LogP contribution in [0.1, 0.15) is 111 Å². The van der Waals surface area contributed by atoms with Crippen molar-refractivity contribution in [2.24, 2.45) is 0 Å². The lowest BCUT2D eigenvalue weighted by Gasteiger charge is -2.36. The molecule has 488 valence electrons. The molecule has 0 aromatic heterocycles. The number of hydrogen-bond acceptors (Lipinski definition) is 10. The molecule has 0 saturated carbocycles. The van der Waals surface area contributed by atoms with Crippen LogP contribution in [0.3, 0.4) is 0 Å². The third kappa shape index (κ3) is 17.5. The van der Waals surface area contributed by atoms with E-state index >= 15 is 0 Å². The Balaban J connectivity index is 0.000000200. The monoisotopic (exact) mass is 1370 g/mol. The summed E-state index contributed by atoms with van der Waals surface area (Å²) < 4.78 is 190. The van der Waals surface area contributed by atoms with E-state index in [1.165, 1.54) is 30.9 Å². The smallest absolute Gasteiger partial charge is 0.416 e. The summed E-state index contributed by atoms with van der Waals surface area (Å²) in [6, 6.07) is 54.4. The fourth-order valence-corrected chi connectivity index (χ4v) is 10.2. The second kappa shape index (κ2) is 30.0. The molecule has 25 heteroatoms. The zero-order chi connectivity index (χ0) is 67.3. The molecule has 2 heterocycles. The van der Waals surface area contributed by atoms with E-state index in [1.54, 1.807) is 91.0 Å². The normalized spacial score (nSPS) is 18.0. The van der Waals surface area contributed by atoms with E-state index in [0.717, 1.165) is 10.5 Å². The van der Waals surface area contributed by atoms with Gasteiger partial charge in [-0.3, -0.25) is 0 Å². The molecule has 8 aromatic carbocycles. The van der Waals surface area contributed by atoms with Gasteiger partial charge in [0.2, 0.25) is 12.5 Å². The first-order chi connectivity index (χ1) is 44.1. The minimum absolute atomic E-state index is 0.00572. The molecule has 0 unspecified atom stereocenters. The van der Waals surface area contributed by atoms with Gasteiger partial charge in [0.05, 0.1) is 41.1 Å². The maximum absolute atomic E-state index is 13.9. The Labute approximate surface area is 533 Å². The highest BCUT2D eigenvalue weighted by Gasteiger charge is 2.61. The van der Waals surface area contributed by atoms with Gasteiger partial charge in [-0.25, -0.2) is 29.0 Å². The van der Waals surface area contributed by atoms with Gasteiger partial charge < -0.3 is 28.4 Å². The number of carbonyl (C=O) groups is 4. The van der Waals surface area contributed by atoms with Crippen molar-refractivity contribution in [2.45, 2.75) is 88.0 Å². The minimum Gasteiger partial charge on any atom is -0.444 e. The molecule has 12 nitrogen and oxygen atoms in total. The Bertz CT molecular complexity index is 3720. The lowest BCUT2D eigenvalue weighted by Crippen LogP contribution is -2.52. The first kappa shape index (κ1) is 69.7. The summed E-state index contributed by atoms with van der Waals surface area (Å²) in [7, 11) is 0. The summed E-state index contributed by atoms with van der Waals surface area (Å²) in [5, 5.41) is 0. The molecule has 2 amide bonds. The Kier molecular flexibility index (Phi) is 22.5. The second-order valence-corrected chi connectivity index (χ2v) is 21.3. The van der Waals surface area contributed by atoms with Gasteiger partial charge in [-0.15, -0.1) is 0 Å². The van der Waals surface area contributed by atoms with Crippen LogP contribution in [-0.4, -0.2) is 46.0 Å². The van der Waals surface area contributed by atoms with Gasteiger partial charge in [0.15, 0.2) is 11.6 Å². The summed E-state index contributed by atoms with van der Waals surface area (Å²) in [4.78, 5) is 56.0. The summed E-state index contributed by atoms with van der Waals surface area (Å²) in [6.45, 7) is 1.88. The quantitative estimate of drug-likeness (QED) is 0.0423. The van der Waals surface area contributed by atoms with Crippen LogP contribution in [0.4, 0.5) is 62.3 Å². The van der Waals surface area contributed by atoms with Crippen LogP contribution in [0.2, 0.25) is 0 Å². The molecule has 0 bridgehead atoms. The largest absolute Gasteiger partial charge is 0.444 e. The lowest BCUT2D eigenvalue weighted by atomic mass is 9.89. The third-order valence-corrected chi connectivity index (χ3v) is 14.8. The predicted octanol–water partition coefficient (Wildman–Crippen LogP) is 18.4. The van der Waals surface area contributed by atoms with Crippen LogP contribution in [-0.2, 0) is 81.5 Å². The molecule has 0 aliphatic carbocycles. The number of benzene rings is 8. The first-order valence-electron chi connectivity index (χ1n) is 28.1. The van der Waals surface area contributed by atoms with E-state index in [0.29, 0.717) is 46.5 Å². The highest BCUT2D eigenvalue weighted by Crippen LogP contribution is 2.48. The van der Waals surface area contributed by atoms with Gasteiger partial charge in [-0.1, -0.05) is 198 Å². The van der Waals surface area contributed by atoms with Gasteiger partial charge in [-0.2, -0.15) is 52.7 Å². The molecule has 6 atom stereocenters. The van der Waals surface area contributed by atoms with Gasteiger partial charge in [-0.05, 0) is 83.6 Å². The Morgan fingerprint density at radius 3 is 1.23 bits per heavy atom. The summed E-state index contributed by atoms with van der Waals surface area (Å²) in [6.07, 6.45) is -25.8. The highest BCUT2D eigenvalue weighted by atomic mass is 79.9. The molecule has 0 radical (unpaired) electrons. The minimum atomic E-state index is -5.07. The molecule has 10 rings (SSSR count). The zero-order valence-corrected chi connectivity index (χ0v) is 50.5. The molecular weight excluding hydrogens is 1310 g/mol. The van der Waals surface area contributed by atoms with Crippen LogP contribution in [0, 0.1) is 0 Å². The SMILES string of the molecule is C[C@@H](OCBr)c1cc(C(F)(F)F)cc(C(F)(F)F)c1.C[C@@H](OC[C@@]1(c2ccccc2)C(=O)O[C@H](c2ccccc2)N1C(=O)OCc1ccccc1)c1cc(C(F)(F)F)cc(C(F)(F)F)c1.O=C1O[C@H](c2ccccc2)N(C(=O)OCc2ccccc2)[C@H]1c1ccccc1. The van der Waals surface area contributed by atoms with Crippen LogP contribution >= 0.6 is 15.9 Å². The molecule has 2 saturated heterocycles. The number of nitrogens with zero attached hydrogens (tertiary/aromatic N) is 2. The van der Waals surface area contributed by atoms with Crippen molar-refractivity contribution in [2.75, 3.05) is 12.1 Å². The topological polar surface area (TPSA) is 130 Å². The van der Waals surface area contributed by atoms with Gasteiger partial charge in [0.1, 0.15) is 18.7 Å². The van der Waals surface area contributed by atoms with Crippen LogP contribution in [0.15, 0.2) is 218 Å². The Morgan fingerprint density at radius 1 is 0.473 bits per heavy atom. The van der Waals surface area contributed by atoms with Crippen molar-refractivity contribution >= 4 is 40.1 Å².